The van der Waals surface area contributed by atoms with Crippen LogP contribution >= 0.6 is 0 Å². The van der Waals surface area contributed by atoms with E-state index in [0.29, 0.717) is 17.4 Å². The van der Waals surface area contributed by atoms with Gasteiger partial charge in [-0.25, -0.2) is 0 Å². The summed E-state index contributed by atoms with van der Waals surface area (Å²) < 4.78 is 5.43. The molecule has 5 heteroatoms. The molecule has 0 bridgehead atoms. The summed E-state index contributed by atoms with van der Waals surface area (Å²) in [6.07, 6.45) is 6.99. The first-order valence-corrected chi connectivity index (χ1v) is 9.59. The summed E-state index contributed by atoms with van der Waals surface area (Å²) in [5.41, 5.74) is 3.28. The molecule has 2 fully saturated rings. The van der Waals surface area contributed by atoms with Gasteiger partial charge in [0.2, 0.25) is 0 Å². The Labute approximate surface area is 157 Å². The molecule has 2 heterocycles. The van der Waals surface area contributed by atoms with E-state index in [-0.39, 0.29) is 18.1 Å². The van der Waals surface area contributed by atoms with E-state index >= 15 is 0 Å². The van der Waals surface area contributed by atoms with Crippen LogP contribution in [0.4, 0.5) is 0 Å². The number of fused-ring (bicyclic) bond motifs is 2. The SMILES string of the molecule is O=C(N[C@H]1C[C@H]2C[C@@H](O)C[C@H]2C1)c1ccc(-c2nccc3occc23)cc1. The van der Waals surface area contributed by atoms with E-state index in [1.54, 1.807) is 12.5 Å². The van der Waals surface area contributed by atoms with Crippen LogP contribution in [0, 0.1) is 11.8 Å². The van der Waals surface area contributed by atoms with Gasteiger partial charge in [0.15, 0.2) is 0 Å². The Morgan fingerprint density at radius 3 is 2.52 bits per heavy atom. The molecule has 0 spiro atoms. The second-order valence-electron chi connectivity index (χ2n) is 7.86. The number of hydrogen-bond donors (Lipinski definition) is 2. The number of carbonyl (C=O) groups is 1. The van der Waals surface area contributed by atoms with Crippen LogP contribution < -0.4 is 5.32 Å². The van der Waals surface area contributed by atoms with Gasteiger partial charge < -0.3 is 14.8 Å². The number of nitrogens with zero attached hydrogens (tertiary/aromatic N) is 1. The molecule has 27 heavy (non-hydrogen) atoms. The van der Waals surface area contributed by atoms with Gasteiger partial charge in [-0.2, -0.15) is 0 Å². The molecule has 1 amide bonds. The van der Waals surface area contributed by atoms with Crippen molar-refractivity contribution in [2.24, 2.45) is 11.8 Å². The minimum atomic E-state index is -0.141. The van der Waals surface area contributed by atoms with Crippen molar-refractivity contribution in [3.63, 3.8) is 0 Å². The van der Waals surface area contributed by atoms with E-state index in [1.807, 2.05) is 36.4 Å². The topological polar surface area (TPSA) is 75.4 Å². The highest BCUT2D eigenvalue weighted by molar-refractivity contribution is 5.96. The van der Waals surface area contributed by atoms with Gasteiger partial charge in [-0.05, 0) is 61.8 Å². The van der Waals surface area contributed by atoms with E-state index in [9.17, 15) is 9.90 Å². The molecule has 138 valence electrons. The maximum atomic E-state index is 12.6. The van der Waals surface area contributed by atoms with Crippen molar-refractivity contribution in [2.45, 2.75) is 37.8 Å². The Morgan fingerprint density at radius 2 is 1.78 bits per heavy atom. The van der Waals surface area contributed by atoms with E-state index in [1.165, 1.54) is 0 Å². The fraction of sp³-hybridized carbons (Fsp3) is 0.364. The van der Waals surface area contributed by atoms with Crippen LogP contribution in [-0.4, -0.2) is 28.1 Å². The molecular formula is C22H22N2O3. The lowest BCUT2D eigenvalue weighted by molar-refractivity contribution is 0.0934. The maximum absolute atomic E-state index is 12.6. The van der Waals surface area contributed by atoms with E-state index < -0.39 is 0 Å². The molecule has 2 saturated carbocycles. The lowest BCUT2D eigenvalue weighted by atomic mass is 10.0. The average molecular weight is 362 g/mol. The number of pyridine rings is 1. The number of rotatable bonds is 3. The molecule has 1 aromatic carbocycles. The molecular weight excluding hydrogens is 340 g/mol. The largest absolute Gasteiger partial charge is 0.464 e. The van der Waals surface area contributed by atoms with Crippen molar-refractivity contribution in [1.82, 2.24) is 10.3 Å². The highest BCUT2D eigenvalue weighted by atomic mass is 16.3. The number of amides is 1. The Morgan fingerprint density at radius 1 is 1.04 bits per heavy atom. The zero-order valence-electron chi connectivity index (χ0n) is 15.0. The summed E-state index contributed by atoms with van der Waals surface area (Å²) in [5.74, 6) is 1.10. The molecule has 5 rings (SSSR count). The number of furan rings is 1. The van der Waals surface area contributed by atoms with E-state index in [2.05, 4.69) is 10.3 Å². The van der Waals surface area contributed by atoms with Crippen molar-refractivity contribution in [3.8, 4) is 11.3 Å². The minimum Gasteiger partial charge on any atom is -0.464 e. The molecule has 0 unspecified atom stereocenters. The number of aliphatic hydroxyl groups excluding tert-OH is 1. The van der Waals surface area contributed by atoms with Crippen LogP contribution in [0.2, 0.25) is 0 Å². The lowest BCUT2D eigenvalue weighted by Crippen LogP contribution is -2.33. The lowest BCUT2D eigenvalue weighted by Gasteiger charge is -2.15. The molecule has 0 saturated heterocycles. The van der Waals surface area contributed by atoms with Crippen molar-refractivity contribution in [2.75, 3.05) is 0 Å². The molecule has 0 radical (unpaired) electrons. The Hall–Kier alpha value is -2.66. The Kier molecular flexibility index (Phi) is 3.97. The summed E-state index contributed by atoms with van der Waals surface area (Å²) in [7, 11) is 0. The third-order valence-electron chi connectivity index (χ3n) is 6.13. The highest BCUT2D eigenvalue weighted by Gasteiger charge is 2.41. The predicted molar refractivity (Wildman–Crippen MR) is 102 cm³/mol. The number of nitrogens with one attached hydrogen (secondary N) is 1. The maximum Gasteiger partial charge on any atom is 0.251 e. The van der Waals surface area contributed by atoms with Crippen molar-refractivity contribution < 1.29 is 14.3 Å². The number of aliphatic hydroxyl groups is 1. The van der Waals surface area contributed by atoms with Gasteiger partial charge in [0, 0.05) is 28.8 Å². The second-order valence-corrected chi connectivity index (χ2v) is 7.86. The van der Waals surface area contributed by atoms with Crippen LogP contribution in [0.15, 0.2) is 53.3 Å². The highest BCUT2D eigenvalue weighted by Crippen LogP contribution is 2.44. The number of carbonyl (C=O) groups excluding carboxylic acids is 1. The van der Waals surface area contributed by atoms with Gasteiger partial charge >= 0.3 is 0 Å². The summed E-state index contributed by atoms with van der Waals surface area (Å²) >= 11 is 0. The van der Waals surface area contributed by atoms with Crippen LogP contribution in [-0.2, 0) is 0 Å². The monoisotopic (exact) mass is 362 g/mol. The number of benzene rings is 1. The van der Waals surface area contributed by atoms with Crippen LogP contribution in [0.3, 0.4) is 0 Å². The summed E-state index contributed by atoms with van der Waals surface area (Å²) in [4.78, 5) is 17.1. The first-order valence-electron chi connectivity index (χ1n) is 9.59. The van der Waals surface area contributed by atoms with Crippen molar-refractivity contribution in [3.05, 3.63) is 54.4 Å². The normalized spacial score (nSPS) is 27.0. The van der Waals surface area contributed by atoms with Gasteiger partial charge in [-0.3, -0.25) is 9.78 Å². The molecule has 2 aliphatic rings. The van der Waals surface area contributed by atoms with Crippen LogP contribution in [0.1, 0.15) is 36.0 Å². The fourth-order valence-electron chi connectivity index (χ4n) is 4.88. The Bertz CT molecular complexity index is 965. The number of aromatic nitrogens is 1. The molecule has 4 atom stereocenters. The smallest absolute Gasteiger partial charge is 0.251 e. The first-order chi connectivity index (χ1) is 13.2. The second kappa shape index (κ2) is 6.50. The third-order valence-corrected chi connectivity index (χ3v) is 6.13. The van der Waals surface area contributed by atoms with E-state index in [4.69, 9.17) is 4.42 Å². The minimum absolute atomic E-state index is 0.0263. The number of hydrogen-bond acceptors (Lipinski definition) is 4. The van der Waals surface area contributed by atoms with E-state index in [0.717, 1.165) is 47.9 Å². The molecule has 2 aliphatic carbocycles. The van der Waals surface area contributed by atoms with Gasteiger partial charge in [-0.1, -0.05) is 12.1 Å². The first kappa shape index (κ1) is 16.5. The quantitative estimate of drug-likeness (QED) is 0.744. The molecule has 5 nitrogen and oxygen atoms in total. The standard InChI is InChI=1S/C22H22N2O3/c25-18-11-15-9-17(10-16(15)12-18)24-22(26)14-3-1-13(2-4-14)21-19-6-8-27-20(19)5-7-23-21/h1-8,15-18,25H,9-12H2,(H,24,26)/t15-,16+,17-,18+. The van der Waals surface area contributed by atoms with Gasteiger partial charge in [0.25, 0.3) is 5.91 Å². The average Bonchev–Trinajstić information content (AvgIpc) is 3.36. The molecule has 3 aromatic rings. The van der Waals surface area contributed by atoms with Crippen LogP contribution in [0.5, 0.6) is 0 Å². The van der Waals surface area contributed by atoms with Crippen LogP contribution in [0.25, 0.3) is 22.2 Å². The zero-order chi connectivity index (χ0) is 18.4. The third kappa shape index (κ3) is 3.02. The zero-order valence-corrected chi connectivity index (χ0v) is 15.0. The van der Waals surface area contributed by atoms with Gasteiger partial charge in [-0.15, -0.1) is 0 Å². The Balaban J connectivity index is 1.29. The summed E-state index contributed by atoms with van der Waals surface area (Å²) in [6, 6.07) is 11.5. The summed E-state index contributed by atoms with van der Waals surface area (Å²) in [6.45, 7) is 0. The van der Waals surface area contributed by atoms with Crippen molar-refractivity contribution >= 4 is 16.9 Å². The molecule has 2 N–H and O–H groups in total. The van der Waals surface area contributed by atoms with Crippen molar-refractivity contribution in [1.29, 1.82) is 0 Å². The van der Waals surface area contributed by atoms with Gasteiger partial charge in [0.05, 0.1) is 18.1 Å². The summed E-state index contributed by atoms with van der Waals surface area (Å²) in [5, 5.41) is 13.9. The molecule has 2 aromatic heterocycles. The predicted octanol–water partition coefficient (Wildman–Crippen LogP) is 3.77. The fourth-order valence-corrected chi connectivity index (χ4v) is 4.88. The van der Waals surface area contributed by atoms with Gasteiger partial charge in [0.1, 0.15) is 5.58 Å². The molecule has 0 aliphatic heterocycles.